The van der Waals surface area contributed by atoms with E-state index in [0.29, 0.717) is 17.6 Å². The van der Waals surface area contributed by atoms with Crippen LogP contribution in [0, 0.1) is 12.8 Å². The first-order valence-electron chi connectivity index (χ1n) is 6.13. The van der Waals surface area contributed by atoms with Crippen LogP contribution in [0.1, 0.15) is 37.8 Å². The van der Waals surface area contributed by atoms with Crippen LogP contribution in [0.5, 0.6) is 0 Å². The molecule has 0 amide bonds. The molecule has 0 bridgehead atoms. The van der Waals surface area contributed by atoms with Crippen molar-refractivity contribution >= 4 is 0 Å². The average molecular weight is 246 g/mol. The van der Waals surface area contributed by atoms with Gasteiger partial charge in [-0.2, -0.15) is 4.98 Å². The summed E-state index contributed by atoms with van der Waals surface area (Å²) in [7, 11) is 0. The Morgan fingerprint density at radius 1 is 1.44 bits per heavy atom. The van der Waals surface area contributed by atoms with Gasteiger partial charge in [0.1, 0.15) is 0 Å². The van der Waals surface area contributed by atoms with E-state index in [4.69, 9.17) is 10.3 Å². The van der Waals surface area contributed by atoms with Gasteiger partial charge in [-0.25, -0.2) is 0 Å². The molecule has 2 aromatic heterocycles. The highest BCUT2D eigenvalue weighted by Gasteiger charge is 2.20. The summed E-state index contributed by atoms with van der Waals surface area (Å²) >= 11 is 0. The highest BCUT2D eigenvalue weighted by molar-refractivity contribution is 5.57. The topological polar surface area (TPSA) is 77.8 Å². The lowest BCUT2D eigenvalue weighted by Crippen LogP contribution is -2.18. The highest BCUT2D eigenvalue weighted by atomic mass is 16.5. The van der Waals surface area contributed by atoms with E-state index in [1.807, 2.05) is 13.0 Å². The van der Waals surface area contributed by atoms with E-state index in [0.717, 1.165) is 17.5 Å². The summed E-state index contributed by atoms with van der Waals surface area (Å²) in [6.07, 6.45) is 4.45. The molecule has 0 fully saturated rings. The van der Waals surface area contributed by atoms with Gasteiger partial charge in [0.25, 0.3) is 0 Å². The van der Waals surface area contributed by atoms with Crippen LogP contribution in [-0.4, -0.2) is 15.1 Å². The van der Waals surface area contributed by atoms with E-state index in [9.17, 15) is 0 Å². The molecule has 5 heteroatoms. The molecule has 2 atom stereocenters. The Bertz CT molecular complexity index is 523. The van der Waals surface area contributed by atoms with E-state index in [-0.39, 0.29) is 6.04 Å². The molecule has 0 radical (unpaired) electrons. The Morgan fingerprint density at radius 2 is 2.22 bits per heavy atom. The van der Waals surface area contributed by atoms with Crippen LogP contribution in [0.2, 0.25) is 0 Å². The zero-order valence-electron chi connectivity index (χ0n) is 10.9. The summed E-state index contributed by atoms with van der Waals surface area (Å²) < 4.78 is 5.24. The smallest absolute Gasteiger partial charge is 0.244 e. The van der Waals surface area contributed by atoms with Crippen molar-refractivity contribution in [2.45, 2.75) is 33.2 Å². The monoisotopic (exact) mass is 246 g/mol. The van der Waals surface area contributed by atoms with Gasteiger partial charge in [-0.05, 0) is 24.5 Å². The number of hydrogen-bond donors (Lipinski definition) is 1. The van der Waals surface area contributed by atoms with Gasteiger partial charge in [0.15, 0.2) is 0 Å². The van der Waals surface area contributed by atoms with Gasteiger partial charge < -0.3 is 10.3 Å². The summed E-state index contributed by atoms with van der Waals surface area (Å²) in [5.41, 5.74) is 8.01. The Hall–Kier alpha value is -1.75. The third-order valence-corrected chi connectivity index (χ3v) is 3.26. The SMILES string of the molecule is CCC(C)[C@H](N)c1nc(-c2cnccc2C)no1. The minimum absolute atomic E-state index is 0.215. The summed E-state index contributed by atoms with van der Waals surface area (Å²) in [5, 5.41) is 3.98. The molecule has 0 spiro atoms. The number of pyridine rings is 1. The predicted octanol–water partition coefficient (Wildman–Crippen LogP) is 2.49. The van der Waals surface area contributed by atoms with Crippen molar-refractivity contribution in [1.29, 1.82) is 0 Å². The third kappa shape index (κ3) is 2.41. The van der Waals surface area contributed by atoms with Crippen LogP contribution in [0.4, 0.5) is 0 Å². The number of nitrogens with zero attached hydrogens (tertiary/aromatic N) is 3. The maximum atomic E-state index is 6.07. The van der Waals surface area contributed by atoms with Gasteiger partial charge in [-0.1, -0.05) is 25.4 Å². The van der Waals surface area contributed by atoms with Gasteiger partial charge in [0, 0.05) is 18.0 Å². The molecule has 1 unspecified atom stereocenters. The second kappa shape index (κ2) is 5.27. The largest absolute Gasteiger partial charge is 0.337 e. The number of hydrogen-bond acceptors (Lipinski definition) is 5. The molecule has 96 valence electrons. The Kier molecular flexibility index (Phi) is 3.72. The second-order valence-corrected chi connectivity index (χ2v) is 4.56. The molecule has 2 N–H and O–H groups in total. The summed E-state index contributed by atoms with van der Waals surface area (Å²) in [6, 6.07) is 1.70. The molecule has 0 aliphatic carbocycles. The zero-order chi connectivity index (χ0) is 13.1. The molecular weight excluding hydrogens is 228 g/mol. The van der Waals surface area contributed by atoms with Crippen molar-refractivity contribution in [3.05, 3.63) is 29.9 Å². The van der Waals surface area contributed by atoms with E-state index >= 15 is 0 Å². The van der Waals surface area contributed by atoms with Crippen molar-refractivity contribution in [1.82, 2.24) is 15.1 Å². The van der Waals surface area contributed by atoms with Gasteiger partial charge in [-0.15, -0.1) is 0 Å². The fourth-order valence-corrected chi connectivity index (χ4v) is 1.68. The van der Waals surface area contributed by atoms with Crippen molar-refractivity contribution in [2.75, 3.05) is 0 Å². The maximum absolute atomic E-state index is 6.07. The van der Waals surface area contributed by atoms with Crippen LogP contribution < -0.4 is 5.73 Å². The minimum Gasteiger partial charge on any atom is -0.337 e. The Morgan fingerprint density at radius 3 is 2.89 bits per heavy atom. The molecule has 0 aliphatic rings. The quantitative estimate of drug-likeness (QED) is 0.896. The summed E-state index contributed by atoms with van der Waals surface area (Å²) in [5.74, 6) is 1.35. The van der Waals surface area contributed by atoms with E-state index in [1.165, 1.54) is 0 Å². The van der Waals surface area contributed by atoms with Crippen LogP contribution >= 0.6 is 0 Å². The van der Waals surface area contributed by atoms with Crippen LogP contribution in [0.15, 0.2) is 23.0 Å². The molecule has 0 aromatic carbocycles. The predicted molar refractivity (Wildman–Crippen MR) is 68.6 cm³/mol. The Labute approximate surface area is 106 Å². The van der Waals surface area contributed by atoms with Gasteiger partial charge in [0.05, 0.1) is 6.04 Å². The molecule has 0 saturated carbocycles. The maximum Gasteiger partial charge on any atom is 0.244 e. The van der Waals surface area contributed by atoms with E-state index in [1.54, 1.807) is 12.4 Å². The molecule has 0 saturated heterocycles. The third-order valence-electron chi connectivity index (χ3n) is 3.26. The molecular formula is C13H18N4O. The molecule has 18 heavy (non-hydrogen) atoms. The normalized spacial score (nSPS) is 14.4. The fourth-order valence-electron chi connectivity index (χ4n) is 1.68. The van der Waals surface area contributed by atoms with E-state index < -0.39 is 0 Å². The van der Waals surface area contributed by atoms with Crippen molar-refractivity contribution in [3.8, 4) is 11.4 Å². The summed E-state index contributed by atoms with van der Waals surface area (Å²) in [4.78, 5) is 8.44. The molecule has 5 nitrogen and oxygen atoms in total. The van der Waals surface area contributed by atoms with Gasteiger partial charge in [0.2, 0.25) is 11.7 Å². The van der Waals surface area contributed by atoms with Gasteiger partial charge >= 0.3 is 0 Å². The standard InChI is InChI=1S/C13H18N4O/c1-4-8(2)11(14)13-16-12(17-18-13)10-7-15-6-5-9(10)3/h5-8,11H,4,14H2,1-3H3/t8?,11-/m0/s1. The lowest BCUT2D eigenvalue weighted by Gasteiger charge is -2.12. The first kappa shape index (κ1) is 12.7. The van der Waals surface area contributed by atoms with Crippen molar-refractivity contribution in [2.24, 2.45) is 11.7 Å². The fraction of sp³-hybridized carbons (Fsp3) is 0.462. The Balaban J connectivity index is 2.29. The minimum atomic E-state index is -0.215. The zero-order valence-corrected chi connectivity index (χ0v) is 10.9. The van der Waals surface area contributed by atoms with Crippen LogP contribution in [-0.2, 0) is 0 Å². The molecule has 2 aromatic rings. The van der Waals surface area contributed by atoms with Crippen LogP contribution in [0.25, 0.3) is 11.4 Å². The number of nitrogens with two attached hydrogens (primary N) is 1. The first-order valence-corrected chi connectivity index (χ1v) is 6.13. The van der Waals surface area contributed by atoms with E-state index in [2.05, 4.69) is 29.0 Å². The van der Waals surface area contributed by atoms with Crippen molar-refractivity contribution in [3.63, 3.8) is 0 Å². The molecule has 0 aliphatic heterocycles. The molecule has 2 heterocycles. The summed E-state index contributed by atoms with van der Waals surface area (Å²) in [6.45, 7) is 6.15. The highest BCUT2D eigenvalue weighted by Crippen LogP contribution is 2.24. The number of aromatic nitrogens is 3. The van der Waals surface area contributed by atoms with Crippen LogP contribution in [0.3, 0.4) is 0 Å². The lowest BCUT2D eigenvalue weighted by molar-refractivity contribution is 0.312. The lowest BCUT2D eigenvalue weighted by atomic mass is 10.0. The van der Waals surface area contributed by atoms with Gasteiger partial charge in [-0.3, -0.25) is 4.98 Å². The van der Waals surface area contributed by atoms with Crippen molar-refractivity contribution < 1.29 is 4.52 Å². The molecule has 2 rings (SSSR count). The number of aryl methyl sites for hydroxylation is 1. The number of rotatable bonds is 4. The first-order chi connectivity index (χ1) is 8.63. The second-order valence-electron chi connectivity index (χ2n) is 4.56. The average Bonchev–Trinajstić information content (AvgIpc) is 2.87.